The molecule has 5 heteroatoms. The Labute approximate surface area is 142 Å². The number of hydrogen-bond donors (Lipinski definition) is 1. The molecule has 2 aromatic carbocycles. The molecular formula is C18H21ClN2O2. The lowest BCUT2D eigenvalue weighted by Gasteiger charge is -2.18. The number of carbonyl (C=O) groups excluding carboxylic acids is 1. The topological polar surface area (TPSA) is 41.6 Å². The molecule has 0 aliphatic heterocycles. The van der Waals surface area contributed by atoms with E-state index in [1.807, 2.05) is 61.5 Å². The molecule has 1 N–H and O–H groups in total. The minimum atomic E-state index is -0.287. The van der Waals surface area contributed by atoms with E-state index in [9.17, 15) is 4.79 Å². The van der Waals surface area contributed by atoms with E-state index >= 15 is 0 Å². The lowest BCUT2D eigenvalue weighted by atomic mass is 10.1. The van der Waals surface area contributed by atoms with Crippen LogP contribution >= 0.6 is 11.6 Å². The normalized spacial score (nSPS) is 11.8. The van der Waals surface area contributed by atoms with E-state index in [2.05, 4.69) is 5.32 Å². The summed E-state index contributed by atoms with van der Waals surface area (Å²) in [5.41, 5.74) is 2.45. The number of amides is 1. The van der Waals surface area contributed by atoms with Gasteiger partial charge in [-0.05, 0) is 24.3 Å². The fraction of sp³-hybridized carbons (Fsp3) is 0.278. The van der Waals surface area contributed by atoms with Gasteiger partial charge in [-0.25, -0.2) is 0 Å². The third-order valence-corrected chi connectivity index (χ3v) is 3.95. The molecule has 122 valence electrons. The quantitative estimate of drug-likeness (QED) is 0.880. The second-order valence-electron chi connectivity index (χ2n) is 5.40. The van der Waals surface area contributed by atoms with E-state index in [-0.39, 0.29) is 12.0 Å². The summed E-state index contributed by atoms with van der Waals surface area (Å²) in [5, 5.41) is 3.53. The number of carbonyl (C=O) groups is 1. The van der Waals surface area contributed by atoms with Crippen LogP contribution in [0.5, 0.6) is 0 Å². The zero-order chi connectivity index (χ0) is 16.8. The Hall–Kier alpha value is -2.04. The SMILES string of the molecule is CO[C@@H](CNC(=O)c1cccc(N(C)C)c1)c1ccccc1Cl. The van der Waals surface area contributed by atoms with Crippen molar-refractivity contribution < 1.29 is 9.53 Å². The van der Waals surface area contributed by atoms with Crippen molar-refractivity contribution in [2.75, 3.05) is 32.6 Å². The molecule has 1 atom stereocenters. The maximum atomic E-state index is 12.3. The first-order chi connectivity index (χ1) is 11.0. The van der Waals surface area contributed by atoms with Crippen LogP contribution in [0.3, 0.4) is 0 Å². The Morgan fingerprint density at radius 3 is 2.61 bits per heavy atom. The van der Waals surface area contributed by atoms with Crippen LogP contribution in [0.4, 0.5) is 5.69 Å². The molecule has 0 unspecified atom stereocenters. The van der Waals surface area contributed by atoms with Crippen LogP contribution in [0.1, 0.15) is 22.0 Å². The van der Waals surface area contributed by atoms with Crippen molar-refractivity contribution in [3.8, 4) is 0 Å². The molecule has 0 heterocycles. The van der Waals surface area contributed by atoms with Crippen molar-refractivity contribution in [2.45, 2.75) is 6.10 Å². The van der Waals surface area contributed by atoms with E-state index in [4.69, 9.17) is 16.3 Å². The monoisotopic (exact) mass is 332 g/mol. The molecule has 0 saturated heterocycles. The van der Waals surface area contributed by atoms with E-state index < -0.39 is 0 Å². The maximum Gasteiger partial charge on any atom is 0.251 e. The van der Waals surface area contributed by atoms with Crippen LogP contribution in [-0.2, 0) is 4.74 Å². The molecule has 0 radical (unpaired) electrons. The highest BCUT2D eigenvalue weighted by atomic mass is 35.5. The third-order valence-electron chi connectivity index (χ3n) is 3.61. The Bertz CT molecular complexity index is 674. The zero-order valence-electron chi connectivity index (χ0n) is 13.5. The predicted octanol–water partition coefficient (Wildman–Crippen LogP) is 3.52. The van der Waals surface area contributed by atoms with Gasteiger partial charge in [-0.3, -0.25) is 4.79 Å². The highest BCUT2D eigenvalue weighted by molar-refractivity contribution is 6.31. The minimum Gasteiger partial charge on any atom is -0.378 e. The van der Waals surface area contributed by atoms with Crippen molar-refractivity contribution in [2.24, 2.45) is 0 Å². The summed E-state index contributed by atoms with van der Waals surface area (Å²) in [6.45, 7) is 0.352. The average Bonchev–Trinajstić information content (AvgIpc) is 2.56. The van der Waals surface area contributed by atoms with Crippen molar-refractivity contribution in [3.63, 3.8) is 0 Å². The molecule has 4 nitrogen and oxygen atoms in total. The van der Waals surface area contributed by atoms with Gasteiger partial charge >= 0.3 is 0 Å². The van der Waals surface area contributed by atoms with Gasteiger partial charge in [0.1, 0.15) is 6.10 Å². The van der Waals surface area contributed by atoms with Gasteiger partial charge in [-0.1, -0.05) is 35.9 Å². The summed E-state index contributed by atoms with van der Waals surface area (Å²) in [6, 6.07) is 14.9. The number of nitrogens with zero attached hydrogens (tertiary/aromatic N) is 1. The average molecular weight is 333 g/mol. The molecule has 2 aromatic rings. The molecule has 0 saturated carbocycles. The van der Waals surface area contributed by atoms with Crippen molar-refractivity contribution in [1.29, 1.82) is 0 Å². The minimum absolute atomic E-state index is 0.136. The number of halogens is 1. The fourth-order valence-corrected chi connectivity index (χ4v) is 2.53. The van der Waals surface area contributed by atoms with Gasteiger partial charge in [-0.2, -0.15) is 0 Å². The Balaban J connectivity index is 2.06. The number of methoxy groups -OCH3 is 1. The lowest BCUT2D eigenvalue weighted by Crippen LogP contribution is -2.29. The van der Waals surface area contributed by atoms with E-state index in [0.717, 1.165) is 11.3 Å². The molecule has 0 aliphatic rings. The Kier molecular flexibility index (Phi) is 6.02. The first-order valence-corrected chi connectivity index (χ1v) is 7.73. The van der Waals surface area contributed by atoms with Crippen molar-refractivity contribution >= 4 is 23.2 Å². The Morgan fingerprint density at radius 2 is 1.96 bits per heavy atom. The molecule has 2 rings (SSSR count). The number of nitrogens with one attached hydrogen (secondary N) is 1. The van der Waals surface area contributed by atoms with Crippen LogP contribution in [0.25, 0.3) is 0 Å². The standard InChI is InChI=1S/C18H21ClN2O2/c1-21(2)14-8-6-7-13(11-14)18(22)20-12-17(23-3)15-9-4-5-10-16(15)19/h4-11,17H,12H2,1-3H3,(H,20,22)/t17-/m0/s1. The zero-order valence-corrected chi connectivity index (χ0v) is 14.3. The summed E-state index contributed by atoms with van der Waals surface area (Å²) in [4.78, 5) is 14.3. The van der Waals surface area contributed by atoms with Gasteiger partial charge in [-0.15, -0.1) is 0 Å². The van der Waals surface area contributed by atoms with Gasteiger partial charge in [0.2, 0.25) is 0 Å². The summed E-state index contributed by atoms with van der Waals surface area (Å²) in [7, 11) is 5.48. The summed E-state index contributed by atoms with van der Waals surface area (Å²) >= 11 is 6.19. The second-order valence-corrected chi connectivity index (χ2v) is 5.81. The largest absolute Gasteiger partial charge is 0.378 e. The molecule has 0 fully saturated rings. The summed E-state index contributed by atoms with van der Waals surface area (Å²) < 4.78 is 5.46. The molecule has 23 heavy (non-hydrogen) atoms. The van der Waals surface area contributed by atoms with Gasteiger partial charge in [0.25, 0.3) is 5.91 Å². The van der Waals surface area contributed by atoms with Gasteiger partial charge in [0, 0.05) is 49.6 Å². The number of ether oxygens (including phenoxy) is 1. The first-order valence-electron chi connectivity index (χ1n) is 7.35. The van der Waals surface area contributed by atoms with Crippen molar-refractivity contribution in [1.82, 2.24) is 5.32 Å². The molecule has 1 amide bonds. The summed E-state index contributed by atoms with van der Waals surface area (Å²) in [6.07, 6.45) is -0.287. The van der Waals surface area contributed by atoms with Crippen LogP contribution in [0.2, 0.25) is 5.02 Å². The fourth-order valence-electron chi connectivity index (χ4n) is 2.27. The smallest absolute Gasteiger partial charge is 0.251 e. The number of hydrogen-bond acceptors (Lipinski definition) is 3. The van der Waals surface area contributed by atoms with E-state index in [0.29, 0.717) is 17.1 Å². The highest BCUT2D eigenvalue weighted by Crippen LogP contribution is 2.24. The Morgan fingerprint density at radius 1 is 1.22 bits per heavy atom. The van der Waals surface area contributed by atoms with Gasteiger partial charge in [0.05, 0.1) is 0 Å². The summed E-state index contributed by atoms with van der Waals surface area (Å²) in [5.74, 6) is -0.136. The molecule has 0 aliphatic carbocycles. The van der Waals surface area contributed by atoms with Crippen LogP contribution in [-0.4, -0.2) is 33.7 Å². The number of benzene rings is 2. The van der Waals surface area contributed by atoms with Gasteiger partial charge < -0.3 is 15.0 Å². The lowest BCUT2D eigenvalue weighted by molar-refractivity contribution is 0.0828. The van der Waals surface area contributed by atoms with Gasteiger partial charge in [0.15, 0.2) is 0 Å². The third kappa shape index (κ3) is 4.47. The molecule has 0 aromatic heterocycles. The predicted molar refractivity (Wildman–Crippen MR) is 94.3 cm³/mol. The second kappa shape index (κ2) is 7.99. The van der Waals surface area contributed by atoms with E-state index in [1.54, 1.807) is 13.2 Å². The van der Waals surface area contributed by atoms with Crippen molar-refractivity contribution in [3.05, 3.63) is 64.7 Å². The molecule has 0 spiro atoms. The van der Waals surface area contributed by atoms with E-state index in [1.165, 1.54) is 0 Å². The maximum absolute atomic E-state index is 12.3. The molecular weight excluding hydrogens is 312 g/mol. The molecule has 0 bridgehead atoms. The first kappa shape index (κ1) is 17.3. The highest BCUT2D eigenvalue weighted by Gasteiger charge is 2.15. The number of anilines is 1. The van der Waals surface area contributed by atoms with Crippen LogP contribution in [0.15, 0.2) is 48.5 Å². The van der Waals surface area contributed by atoms with Crippen LogP contribution in [0, 0.1) is 0 Å². The van der Waals surface area contributed by atoms with Crippen LogP contribution < -0.4 is 10.2 Å². The number of rotatable bonds is 6.